The number of anilines is 2. The van der Waals surface area contributed by atoms with E-state index in [9.17, 15) is 9.18 Å². The first-order valence-corrected chi connectivity index (χ1v) is 5.23. The fourth-order valence-electron chi connectivity index (χ4n) is 1.44. The number of rotatable bonds is 3. The molecule has 1 heterocycles. The molecule has 0 saturated heterocycles. The first-order chi connectivity index (χ1) is 8.56. The Morgan fingerprint density at radius 1 is 1.44 bits per heavy atom. The lowest BCUT2D eigenvalue weighted by Crippen LogP contribution is -2.30. The molecule has 1 aromatic carbocycles. The van der Waals surface area contributed by atoms with Crippen molar-refractivity contribution >= 4 is 17.5 Å². The smallest absolute Gasteiger partial charge is 0.248 e. The molecule has 0 aliphatic carbocycles. The Morgan fingerprint density at radius 2 is 2.11 bits per heavy atom. The van der Waals surface area contributed by atoms with Crippen LogP contribution in [0.2, 0.25) is 0 Å². The van der Waals surface area contributed by atoms with Crippen molar-refractivity contribution < 1.29 is 9.18 Å². The average molecular weight is 249 g/mol. The van der Waals surface area contributed by atoms with Crippen LogP contribution in [-0.4, -0.2) is 27.7 Å². The number of likely N-dealkylation sites (N-methyl/N-ethyl adjacent to an activating group) is 1. The van der Waals surface area contributed by atoms with E-state index in [1.54, 1.807) is 7.05 Å². The second-order valence-electron chi connectivity index (χ2n) is 3.73. The van der Waals surface area contributed by atoms with Crippen LogP contribution in [0.15, 0.2) is 30.6 Å². The highest BCUT2D eigenvalue weighted by molar-refractivity contribution is 5.92. The van der Waals surface area contributed by atoms with Crippen LogP contribution < -0.4 is 10.6 Å². The molecule has 0 fully saturated rings. The van der Waals surface area contributed by atoms with Crippen LogP contribution in [-0.2, 0) is 11.3 Å². The van der Waals surface area contributed by atoms with Crippen molar-refractivity contribution in [1.29, 1.82) is 0 Å². The lowest BCUT2D eigenvalue weighted by atomic mass is 10.3. The van der Waals surface area contributed by atoms with Gasteiger partial charge in [0.2, 0.25) is 11.9 Å². The van der Waals surface area contributed by atoms with Crippen LogP contribution in [0.1, 0.15) is 0 Å². The second kappa shape index (κ2) is 4.82. The van der Waals surface area contributed by atoms with E-state index in [1.807, 2.05) is 0 Å². The Kier molecular flexibility index (Phi) is 3.22. The highest BCUT2D eigenvalue weighted by Crippen LogP contribution is 2.13. The van der Waals surface area contributed by atoms with Crippen molar-refractivity contribution in [2.45, 2.75) is 6.54 Å². The number of nitrogens with two attached hydrogens (primary N) is 1. The molecule has 6 nitrogen and oxygen atoms in total. The lowest BCUT2D eigenvalue weighted by molar-refractivity contribution is -0.119. The summed E-state index contributed by atoms with van der Waals surface area (Å²) in [6.07, 6.45) is 1.38. The van der Waals surface area contributed by atoms with Gasteiger partial charge in [-0.25, -0.2) is 14.1 Å². The highest BCUT2D eigenvalue weighted by atomic mass is 19.1. The topological polar surface area (TPSA) is 77.0 Å². The number of carbonyl (C=O) groups excluding carboxylic acids is 1. The molecule has 0 bridgehead atoms. The van der Waals surface area contributed by atoms with E-state index in [-0.39, 0.29) is 24.2 Å². The third-order valence-electron chi connectivity index (χ3n) is 2.44. The number of aromatic nitrogens is 3. The van der Waals surface area contributed by atoms with Crippen LogP contribution in [0.25, 0.3) is 0 Å². The molecule has 0 unspecified atom stereocenters. The summed E-state index contributed by atoms with van der Waals surface area (Å²) in [5, 5.41) is 3.82. The predicted octanol–water partition coefficient (Wildman–Crippen LogP) is 0.662. The maximum absolute atomic E-state index is 12.8. The van der Waals surface area contributed by atoms with Crippen molar-refractivity contribution in [1.82, 2.24) is 14.8 Å². The van der Waals surface area contributed by atoms with Crippen LogP contribution in [0, 0.1) is 5.82 Å². The van der Waals surface area contributed by atoms with Gasteiger partial charge in [0.25, 0.3) is 0 Å². The summed E-state index contributed by atoms with van der Waals surface area (Å²) in [6, 6.07) is 5.66. The second-order valence-corrected chi connectivity index (χ2v) is 3.73. The molecule has 1 aromatic heterocycles. The quantitative estimate of drug-likeness (QED) is 0.867. The van der Waals surface area contributed by atoms with Gasteiger partial charge in [0.05, 0.1) is 0 Å². The summed E-state index contributed by atoms with van der Waals surface area (Å²) in [6.45, 7) is 0.0259. The van der Waals surface area contributed by atoms with Crippen molar-refractivity contribution in [3.63, 3.8) is 0 Å². The molecule has 7 heteroatoms. The minimum atomic E-state index is -0.344. The van der Waals surface area contributed by atoms with Crippen molar-refractivity contribution in [2.75, 3.05) is 17.7 Å². The largest absolute Gasteiger partial charge is 0.367 e. The number of carbonyl (C=O) groups is 1. The maximum atomic E-state index is 12.8. The third-order valence-corrected chi connectivity index (χ3v) is 2.44. The van der Waals surface area contributed by atoms with Crippen LogP contribution in [0.5, 0.6) is 0 Å². The fourth-order valence-corrected chi connectivity index (χ4v) is 1.44. The number of hydrogen-bond donors (Lipinski definition) is 1. The van der Waals surface area contributed by atoms with Gasteiger partial charge in [-0.3, -0.25) is 4.79 Å². The Bertz CT molecular complexity index is 551. The zero-order valence-electron chi connectivity index (χ0n) is 9.75. The monoisotopic (exact) mass is 249 g/mol. The maximum Gasteiger partial charge on any atom is 0.248 e. The molecule has 0 aliphatic rings. The molecular formula is C11H12FN5O. The van der Waals surface area contributed by atoms with Gasteiger partial charge >= 0.3 is 0 Å². The van der Waals surface area contributed by atoms with Crippen molar-refractivity contribution in [2.24, 2.45) is 0 Å². The lowest BCUT2D eigenvalue weighted by Gasteiger charge is -2.16. The fraction of sp³-hybridized carbons (Fsp3) is 0.182. The summed E-state index contributed by atoms with van der Waals surface area (Å²) in [4.78, 5) is 17.0. The zero-order chi connectivity index (χ0) is 13.1. The van der Waals surface area contributed by atoms with E-state index in [0.717, 1.165) is 0 Å². The van der Waals surface area contributed by atoms with Gasteiger partial charge in [0, 0.05) is 12.7 Å². The molecule has 2 aromatic rings. The standard InChI is InChI=1S/C11H12FN5O/c1-16(9-4-2-8(12)3-5-9)10(18)6-17-7-14-11(13)15-17/h2-5,7H,6H2,1H3,(H2,13,15). The Labute approximate surface area is 103 Å². The van der Waals surface area contributed by atoms with Gasteiger partial charge in [0.1, 0.15) is 18.7 Å². The SMILES string of the molecule is CN(C(=O)Cn1cnc(N)n1)c1ccc(F)cc1. The number of nitrogen functional groups attached to an aromatic ring is 1. The number of amides is 1. The van der Waals surface area contributed by atoms with Crippen LogP contribution in [0.3, 0.4) is 0 Å². The molecule has 2 rings (SSSR count). The third kappa shape index (κ3) is 2.62. The summed E-state index contributed by atoms with van der Waals surface area (Å²) < 4.78 is 14.1. The van der Waals surface area contributed by atoms with E-state index < -0.39 is 0 Å². The first kappa shape index (κ1) is 12.0. The van der Waals surface area contributed by atoms with E-state index in [1.165, 1.54) is 40.2 Å². The Hall–Kier alpha value is -2.44. The van der Waals surface area contributed by atoms with E-state index in [2.05, 4.69) is 10.1 Å². The molecule has 0 radical (unpaired) electrons. The Morgan fingerprint density at radius 3 is 2.67 bits per heavy atom. The van der Waals surface area contributed by atoms with Crippen LogP contribution >= 0.6 is 0 Å². The van der Waals surface area contributed by atoms with E-state index >= 15 is 0 Å². The number of halogens is 1. The highest BCUT2D eigenvalue weighted by Gasteiger charge is 2.12. The first-order valence-electron chi connectivity index (χ1n) is 5.23. The van der Waals surface area contributed by atoms with Gasteiger partial charge < -0.3 is 10.6 Å². The molecule has 0 atom stereocenters. The van der Waals surface area contributed by atoms with Gasteiger partial charge in [-0.05, 0) is 24.3 Å². The van der Waals surface area contributed by atoms with Gasteiger partial charge in [-0.2, -0.15) is 0 Å². The molecule has 94 valence electrons. The van der Waals surface area contributed by atoms with E-state index in [0.29, 0.717) is 5.69 Å². The number of hydrogen-bond acceptors (Lipinski definition) is 4. The summed E-state index contributed by atoms with van der Waals surface area (Å²) in [5.41, 5.74) is 5.95. The molecule has 0 saturated carbocycles. The normalized spacial score (nSPS) is 10.3. The molecule has 18 heavy (non-hydrogen) atoms. The summed E-state index contributed by atoms with van der Waals surface area (Å²) >= 11 is 0. The van der Waals surface area contributed by atoms with Gasteiger partial charge in [-0.15, -0.1) is 5.10 Å². The number of nitrogens with zero attached hydrogens (tertiary/aromatic N) is 4. The molecule has 0 aliphatic heterocycles. The van der Waals surface area contributed by atoms with Crippen molar-refractivity contribution in [3.8, 4) is 0 Å². The Balaban J connectivity index is 2.07. The van der Waals surface area contributed by atoms with E-state index in [4.69, 9.17) is 5.73 Å². The molecule has 2 N–H and O–H groups in total. The minimum Gasteiger partial charge on any atom is -0.367 e. The van der Waals surface area contributed by atoms with Gasteiger partial charge in [0.15, 0.2) is 0 Å². The predicted molar refractivity (Wildman–Crippen MR) is 64.2 cm³/mol. The van der Waals surface area contributed by atoms with Gasteiger partial charge in [-0.1, -0.05) is 0 Å². The zero-order valence-corrected chi connectivity index (χ0v) is 9.75. The van der Waals surface area contributed by atoms with Crippen molar-refractivity contribution in [3.05, 3.63) is 36.4 Å². The molecular weight excluding hydrogens is 237 g/mol. The summed E-state index contributed by atoms with van der Waals surface area (Å²) in [5.74, 6) is -0.428. The van der Waals surface area contributed by atoms with Crippen LogP contribution in [0.4, 0.5) is 16.0 Å². The summed E-state index contributed by atoms with van der Waals surface area (Å²) in [7, 11) is 1.61. The molecule has 0 spiro atoms. The number of benzene rings is 1. The minimum absolute atomic E-state index is 0.0259. The molecule has 1 amide bonds. The average Bonchev–Trinajstić information content (AvgIpc) is 2.75.